The predicted octanol–water partition coefficient (Wildman–Crippen LogP) is 4.45. The Morgan fingerprint density at radius 3 is 2.45 bits per heavy atom. The maximum absolute atomic E-state index is 14.2. The highest BCUT2D eigenvalue weighted by atomic mass is 32.1. The molecule has 0 radical (unpaired) electrons. The molecule has 3 aromatic rings. The quantitative estimate of drug-likeness (QED) is 0.259. The van der Waals surface area contributed by atoms with Crippen LogP contribution in [0.4, 0.5) is 14.5 Å². The van der Waals surface area contributed by atoms with Gasteiger partial charge in [-0.3, -0.25) is 4.79 Å². The Morgan fingerprint density at radius 2 is 1.76 bits per heavy atom. The van der Waals surface area contributed by atoms with Crippen LogP contribution in [-0.4, -0.2) is 24.1 Å². The molecule has 0 saturated carbocycles. The summed E-state index contributed by atoms with van der Waals surface area (Å²) >= 11 is 5.20. The number of rotatable bonds is 5. The van der Waals surface area contributed by atoms with Crippen LogP contribution in [0.5, 0.6) is 11.5 Å². The second-order valence-electron chi connectivity index (χ2n) is 6.89. The standard InChI is InChI=1S/C24H16F2N2O4S/c1-31-21-13-14(6-11-20(21)32-23(30)15-7-9-16(25)10-8-15)12-18-22(29)28(24(33)27-18)19-5-3-2-4-17(19)26/h2-13H,1H3,(H,27,33)/b18-12-. The van der Waals surface area contributed by atoms with E-state index >= 15 is 0 Å². The van der Waals surface area contributed by atoms with E-state index in [2.05, 4.69) is 5.32 Å². The second kappa shape index (κ2) is 9.17. The van der Waals surface area contributed by atoms with Crippen molar-refractivity contribution in [1.29, 1.82) is 0 Å². The summed E-state index contributed by atoms with van der Waals surface area (Å²) in [6.45, 7) is 0. The van der Waals surface area contributed by atoms with Crippen LogP contribution in [0.2, 0.25) is 0 Å². The Hall–Kier alpha value is -4.11. The van der Waals surface area contributed by atoms with Crippen LogP contribution >= 0.6 is 12.2 Å². The Balaban J connectivity index is 1.57. The van der Waals surface area contributed by atoms with Gasteiger partial charge in [-0.25, -0.2) is 18.5 Å². The molecule has 1 N–H and O–H groups in total. The predicted molar refractivity (Wildman–Crippen MR) is 122 cm³/mol. The smallest absolute Gasteiger partial charge is 0.343 e. The van der Waals surface area contributed by atoms with Crippen LogP contribution in [-0.2, 0) is 4.79 Å². The zero-order valence-electron chi connectivity index (χ0n) is 17.2. The van der Waals surface area contributed by atoms with Crippen LogP contribution < -0.4 is 19.7 Å². The summed E-state index contributed by atoms with van der Waals surface area (Å²) in [6.07, 6.45) is 1.52. The number of carbonyl (C=O) groups excluding carboxylic acids is 2. The number of carbonyl (C=O) groups is 2. The van der Waals surface area contributed by atoms with Crippen LogP contribution in [0.3, 0.4) is 0 Å². The second-order valence-corrected chi connectivity index (χ2v) is 7.27. The fraction of sp³-hybridized carbons (Fsp3) is 0.0417. The van der Waals surface area contributed by atoms with Crippen molar-refractivity contribution in [1.82, 2.24) is 5.32 Å². The van der Waals surface area contributed by atoms with Gasteiger partial charge < -0.3 is 14.8 Å². The molecule has 1 fully saturated rings. The van der Waals surface area contributed by atoms with Crippen molar-refractivity contribution >= 4 is 41.0 Å². The number of nitrogens with one attached hydrogen (secondary N) is 1. The molecular formula is C24H16F2N2O4S. The topological polar surface area (TPSA) is 67.9 Å². The molecule has 0 unspecified atom stereocenters. The normalized spacial score (nSPS) is 14.4. The van der Waals surface area contributed by atoms with Gasteiger partial charge in [-0.1, -0.05) is 18.2 Å². The molecule has 4 rings (SSSR count). The fourth-order valence-corrected chi connectivity index (χ4v) is 3.45. The van der Waals surface area contributed by atoms with Gasteiger partial charge >= 0.3 is 5.97 Å². The number of halogens is 2. The first-order valence-electron chi connectivity index (χ1n) is 9.65. The summed E-state index contributed by atoms with van der Waals surface area (Å²) in [6, 6.07) is 15.4. The van der Waals surface area contributed by atoms with E-state index in [1.807, 2.05) is 0 Å². The summed E-state index contributed by atoms with van der Waals surface area (Å²) in [5.41, 5.74) is 0.903. The van der Waals surface area contributed by atoms with Crippen molar-refractivity contribution in [2.24, 2.45) is 0 Å². The number of hydrogen-bond acceptors (Lipinski definition) is 5. The molecule has 1 saturated heterocycles. The van der Waals surface area contributed by atoms with Crippen molar-refractivity contribution in [2.75, 3.05) is 12.0 Å². The Morgan fingerprint density at radius 1 is 1.03 bits per heavy atom. The van der Waals surface area contributed by atoms with Crippen molar-refractivity contribution in [2.45, 2.75) is 0 Å². The molecule has 0 aliphatic carbocycles. The SMILES string of the molecule is COc1cc(/C=C2\NC(=S)N(c3ccccc3F)C2=O)ccc1OC(=O)c1ccc(F)cc1. The Labute approximate surface area is 193 Å². The molecule has 1 aliphatic heterocycles. The highest BCUT2D eigenvalue weighted by Crippen LogP contribution is 2.31. The molecule has 0 aromatic heterocycles. The van der Waals surface area contributed by atoms with E-state index in [0.29, 0.717) is 5.56 Å². The Kier molecular flexibility index (Phi) is 6.14. The lowest BCUT2D eigenvalue weighted by atomic mass is 10.1. The van der Waals surface area contributed by atoms with Gasteiger partial charge in [-0.05, 0) is 72.4 Å². The van der Waals surface area contributed by atoms with Crippen molar-refractivity contribution < 1.29 is 27.8 Å². The number of thiocarbonyl (C=S) groups is 1. The van der Waals surface area contributed by atoms with E-state index in [1.54, 1.807) is 18.2 Å². The molecule has 1 heterocycles. The monoisotopic (exact) mass is 466 g/mol. The zero-order valence-corrected chi connectivity index (χ0v) is 18.0. The molecule has 33 heavy (non-hydrogen) atoms. The minimum Gasteiger partial charge on any atom is -0.493 e. The number of amides is 1. The van der Waals surface area contributed by atoms with Crippen LogP contribution in [0.15, 0.2) is 72.4 Å². The molecule has 0 bridgehead atoms. The molecule has 3 aromatic carbocycles. The average Bonchev–Trinajstić information content (AvgIpc) is 3.08. The summed E-state index contributed by atoms with van der Waals surface area (Å²) in [5, 5.41) is 2.83. The summed E-state index contributed by atoms with van der Waals surface area (Å²) in [5.74, 6) is -1.87. The maximum atomic E-state index is 14.2. The van der Waals surface area contributed by atoms with Crippen molar-refractivity contribution in [3.8, 4) is 11.5 Å². The minimum absolute atomic E-state index is 0.0454. The first kappa shape index (κ1) is 22.1. The van der Waals surface area contributed by atoms with E-state index in [-0.39, 0.29) is 33.6 Å². The van der Waals surface area contributed by atoms with Gasteiger partial charge in [0, 0.05) is 0 Å². The van der Waals surface area contributed by atoms with Crippen LogP contribution in [0.25, 0.3) is 6.08 Å². The number of nitrogens with zero attached hydrogens (tertiary/aromatic N) is 1. The third-order valence-corrected chi connectivity index (χ3v) is 5.04. The van der Waals surface area contributed by atoms with Crippen molar-refractivity contribution in [3.05, 3.63) is 95.2 Å². The number of hydrogen-bond donors (Lipinski definition) is 1. The molecular weight excluding hydrogens is 450 g/mol. The first-order valence-corrected chi connectivity index (χ1v) is 10.1. The van der Waals surface area contributed by atoms with E-state index in [4.69, 9.17) is 21.7 Å². The molecule has 6 nitrogen and oxygen atoms in total. The molecule has 166 valence electrons. The number of esters is 1. The highest BCUT2D eigenvalue weighted by Gasteiger charge is 2.33. The van der Waals surface area contributed by atoms with Gasteiger partial charge in [0.1, 0.15) is 17.3 Å². The zero-order chi connectivity index (χ0) is 23.5. The lowest BCUT2D eigenvalue weighted by molar-refractivity contribution is -0.113. The van der Waals surface area contributed by atoms with E-state index in [0.717, 1.165) is 17.0 Å². The molecule has 0 atom stereocenters. The number of methoxy groups -OCH3 is 1. The van der Waals surface area contributed by atoms with E-state index < -0.39 is 23.5 Å². The largest absolute Gasteiger partial charge is 0.493 e. The molecule has 1 amide bonds. The number of ether oxygens (including phenoxy) is 2. The first-order chi connectivity index (χ1) is 15.9. The molecule has 9 heteroatoms. The summed E-state index contributed by atoms with van der Waals surface area (Å²) in [7, 11) is 1.40. The summed E-state index contributed by atoms with van der Waals surface area (Å²) < 4.78 is 37.9. The average molecular weight is 466 g/mol. The van der Waals surface area contributed by atoms with Gasteiger partial charge in [0.25, 0.3) is 5.91 Å². The third kappa shape index (κ3) is 4.58. The lowest BCUT2D eigenvalue weighted by Gasteiger charge is -2.14. The maximum Gasteiger partial charge on any atom is 0.343 e. The summed E-state index contributed by atoms with van der Waals surface area (Å²) in [4.78, 5) is 26.2. The van der Waals surface area contributed by atoms with Crippen LogP contribution in [0.1, 0.15) is 15.9 Å². The third-order valence-electron chi connectivity index (χ3n) is 4.75. The lowest BCUT2D eigenvalue weighted by Crippen LogP contribution is -2.31. The number of para-hydroxylation sites is 1. The van der Waals surface area contributed by atoms with Gasteiger partial charge in [0.2, 0.25) is 0 Å². The molecule has 1 aliphatic rings. The molecule has 0 spiro atoms. The van der Waals surface area contributed by atoms with E-state index in [1.165, 1.54) is 49.6 Å². The number of benzene rings is 3. The minimum atomic E-state index is -0.682. The van der Waals surface area contributed by atoms with Gasteiger partial charge in [0.05, 0.1) is 18.4 Å². The number of anilines is 1. The van der Waals surface area contributed by atoms with Gasteiger partial charge in [0.15, 0.2) is 16.6 Å². The van der Waals surface area contributed by atoms with Crippen LogP contribution in [0, 0.1) is 11.6 Å². The fourth-order valence-electron chi connectivity index (χ4n) is 3.16. The Bertz CT molecular complexity index is 1290. The highest BCUT2D eigenvalue weighted by molar-refractivity contribution is 7.80. The van der Waals surface area contributed by atoms with Gasteiger partial charge in [-0.15, -0.1) is 0 Å². The van der Waals surface area contributed by atoms with Crippen molar-refractivity contribution in [3.63, 3.8) is 0 Å². The van der Waals surface area contributed by atoms with Gasteiger partial charge in [-0.2, -0.15) is 0 Å². The van der Waals surface area contributed by atoms with E-state index in [9.17, 15) is 18.4 Å².